The van der Waals surface area contributed by atoms with Crippen molar-refractivity contribution in [3.63, 3.8) is 0 Å². The zero-order valence-corrected chi connectivity index (χ0v) is 11.1. The Labute approximate surface area is 107 Å². The molecule has 90 valence electrons. The van der Waals surface area contributed by atoms with E-state index in [4.69, 9.17) is 5.26 Å². The van der Waals surface area contributed by atoms with Crippen molar-refractivity contribution in [2.45, 2.75) is 13.3 Å². The summed E-state index contributed by atoms with van der Waals surface area (Å²) >= 11 is 3.30. The van der Waals surface area contributed by atoms with E-state index in [1.807, 2.05) is 6.07 Å². The Morgan fingerprint density at radius 1 is 1.71 bits per heavy atom. The second-order valence-electron chi connectivity index (χ2n) is 3.49. The summed E-state index contributed by atoms with van der Waals surface area (Å²) in [5.41, 5.74) is 0.512. The SMILES string of the molecule is Cc1c([N+](=O)[O-])cnc(N(C)CCC#N)c1Br. The molecular weight excluding hydrogens is 288 g/mol. The van der Waals surface area contributed by atoms with Gasteiger partial charge >= 0.3 is 0 Å². The van der Waals surface area contributed by atoms with Gasteiger partial charge in [0.05, 0.1) is 21.9 Å². The van der Waals surface area contributed by atoms with Gasteiger partial charge in [0, 0.05) is 19.2 Å². The number of hydrogen-bond donors (Lipinski definition) is 0. The third kappa shape index (κ3) is 2.91. The molecule has 0 amide bonds. The number of rotatable bonds is 4. The summed E-state index contributed by atoms with van der Waals surface area (Å²) in [6.45, 7) is 2.19. The van der Waals surface area contributed by atoms with Gasteiger partial charge in [0.2, 0.25) is 0 Å². The van der Waals surface area contributed by atoms with Gasteiger partial charge in [-0.3, -0.25) is 10.1 Å². The molecule has 0 aliphatic rings. The molecule has 0 radical (unpaired) electrons. The van der Waals surface area contributed by atoms with Crippen molar-refractivity contribution in [1.82, 2.24) is 4.98 Å². The van der Waals surface area contributed by atoms with Crippen LogP contribution in [0, 0.1) is 28.4 Å². The fraction of sp³-hybridized carbons (Fsp3) is 0.400. The molecule has 0 saturated carbocycles. The number of halogens is 1. The highest BCUT2D eigenvalue weighted by molar-refractivity contribution is 9.10. The molecule has 1 heterocycles. The van der Waals surface area contributed by atoms with Gasteiger partial charge in [-0.1, -0.05) is 0 Å². The maximum absolute atomic E-state index is 10.7. The Morgan fingerprint density at radius 3 is 2.88 bits per heavy atom. The molecule has 0 N–H and O–H groups in total. The molecule has 0 fully saturated rings. The second kappa shape index (κ2) is 5.59. The Balaban J connectivity index is 3.08. The molecule has 1 aromatic rings. The highest BCUT2D eigenvalue weighted by Crippen LogP contribution is 2.32. The van der Waals surface area contributed by atoms with Crippen molar-refractivity contribution in [2.75, 3.05) is 18.5 Å². The highest BCUT2D eigenvalue weighted by atomic mass is 79.9. The lowest BCUT2D eigenvalue weighted by Crippen LogP contribution is -2.20. The number of nitro groups is 1. The molecule has 17 heavy (non-hydrogen) atoms. The van der Waals surface area contributed by atoms with E-state index in [-0.39, 0.29) is 5.69 Å². The average Bonchev–Trinajstić information content (AvgIpc) is 2.29. The molecule has 0 saturated heterocycles. The van der Waals surface area contributed by atoms with Gasteiger partial charge in [-0.2, -0.15) is 5.26 Å². The maximum atomic E-state index is 10.7. The van der Waals surface area contributed by atoms with Crippen LogP contribution in [0.15, 0.2) is 10.7 Å². The van der Waals surface area contributed by atoms with Crippen molar-refractivity contribution < 1.29 is 4.92 Å². The lowest BCUT2D eigenvalue weighted by atomic mass is 10.2. The van der Waals surface area contributed by atoms with E-state index in [0.29, 0.717) is 28.8 Å². The minimum atomic E-state index is -0.466. The second-order valence-corrected chi connectivity index (χ2v) is 4.29. The standard InChI is InChI=1S/C10H11BrN4O2/c1-7-8(15(16)17)6-13-10(9(7)11)14(2)5-3-4-12/h6H,3,5H2,1-2H3. The monoisotopic (exact) mass is 298 g/mol. The fourth-order valence-electron chi connectivity index (χ4n) is 1.33. The van der Waals surface area contributed by atoms with E-state index in [9.17, 15) is 10.1 Å². The van der Waals surface area contributed by atoms with E-state index in [1.165, 1.54) is 6.20 Å². The van der Waals surface area contributed by atoms with E-state index >= 15 is 0 Å². The van der Waals surface area contributed by atoms with Crippen molar-refractivity contribution in [2.24, 2.45) is 0 Å². The van der Waals surface area contributed by atoms with E-state index in [1.54, 1.807) is 18.9 Å². The predicted octanol–water partition coefficient (Wildman–Crippen LogP) is 2.41. The Morgan fingerprint density at radius 2 is 2.35 bits per heavy atom. The first-order valence-electron chi connectivity index (χ1n) is 4.86. The van der Waals surface area contributed by atoms with Gasteiger partial charge in [-0.05, 0) is 22.9 Å². The van der Waals surface area contributed by atoms with Crippen LogP contribution in [0.1, 0.15) is 12.0 Å². The molecule has 0 atom stereocenters. The van der Waals surface area contributed by atoms with Crippen molar-refractivity contribution in [3.8, 4) is 6.07 Å². The minimum absolute atomic E-state index is 0.0192. The van der Waals surface area contributed by atoms with Crippen LogP contribution >= 0.6 is 15.9 Å². The summed E-state index contributed by atoms with van der Waals surface area (Å²) in [5, 5.41) is 19.2. The van der Waals surface area contributed by atoms with Crippen LogP contribution in [0.3, 0.4) is 0 Å². The first-order chi connectivity index (χ1) is 7.99. The molecule has 1 aromatic heterocycles. The molecule has 0 aromatic carbocycles. The normalized spacial score (nSPS) is 9.76. The number of aromatic nitrogens is 1. The zero-order chi connectivity index (χ0) is 13.0. The van der Waals surface area contributed by atoms with Gasteiger partial charge in [0.15, 0.2) is 0 Å². The summed E-state index contributed by atoms with van der Waals surface area (Å²) in [7, 11) is 1.79. The largest absolute Gasteiger partial charge is 0.358 e. The number of hydrogen-bond acceptors (Lipinski definition) is 5. The predicted molar refractivity (Wildman–Crippen MR) is 66.8 cm³/mol. The lowest BCUT2D eigenvalue weighted by Gasteiger charge is -2.18. The molecule has 0 bridgehead atoms. The molecule has 1 rings (SSSR count). The van der Waals surface area contributed by atoms with E-state index in [2.05, 4.69) is 20.9 Å². The van der Waals surface area contributed by atoms with Crippen molar-refractivity contribution in [1.29, 1.82) is 5.26 Å². The Bertz CT molecular complexity index is 484. The quantitative estimate of drug-likeness (QED) is 0.629. The molecular formula is C10H11BrN4O2. The van der Waals surface area contributed by atoms with Crippen LogP contribution in [-0.4, -0.2) is 23.5 Å². The summed E-state index contributed by atoms with van der Waals surface area (Å²) in [4.78, 5) is 16.1. The summed E-state index contributed by atoms with van der Waals surface area (Å²) < 4.78 is 0.590. The molecule has 0 aliphatic heterocycles. The van der Waals surface area contributed by atoms with Crippen molar-refractivity contribution >= 4 is 27.4 Å². The lowest BCUT2D eigenvalue weighted by molar-refractivity contribution is -0.385. The Hall–Kier alpha value is -1.68. The van der Waals surface area contributed by atoms with Crippen LogP contribution in [0.5, 0.6) is 0 Å². The van der Waals surface area contributed by atoms with Crippen LogP contribution in [0.4, 0.5) is 11.5 Å². The third-order valence-electron chi connectivity index (χ3n) is 2.34. The smallest absolute Gasteiger partial charge is 0.291 e. The fourth-order valence-corrected chi connectivity index (χ4v) is 1.94. The van der Waals surface area contributed by atoms with Gasteiger partial charge in [0.1, 0.15) is 12.0 Å². The minimum Gasteiger partial charge on any atom is -0.358 e. The molecule has 0 aliphatic carbocycles. The first-order valence-corrected chi connectivity index (χ1v) is 5.66. The van der Waals surface area contributed by atoms with Gasteiger partial charge < -0.3 is 4.90 Å². The van der Waals surface area contributed by atoms with Crippen LogP contribution in [0.25, 0.3) is 0 Å². The summed E-state index contributed by atoms with van der Waals surface area (Å²) in [6.07, 6.45) is 1.61. The van der Waals surface area contributed by atoms with Crippen LogP contribution in [0.2, 0.25) is 0 Å². The number of anilines is 1. The van der Waals surface area contributed by atoms with E-state index < -0.39 is 4.92 Å². The van der Waals surface area contributed by atoms with Crippen LogP contribution < -0.4 is 4.90 Å². The number of nitriles is 1. The van der Waals surface area contributed by atoms with Gasteiger partial charge in [0.25, 0.3) is 5.69 Å². The highest BCUT2D eigenvalue weighted by Gasteiger charge is 2.18. The average molecular weight is 299 g/mol. The first kappa shape index (κ1) is 13.4. The molecule has 7 heteroatoms. The van der Waals surface area contributed by atoms with Gasteiger partial charge in [-0.25, -0.2) is 4.98 Å². The van der Waals surface area contributed by atoms with Gasteiger partial charge in [-0.15, -0.1) is 0 Å². The van der Waals surface area contributed by atoms with Crippen molar-refractivity contribution in [3.05, 3.63) is 26.3 Å². The number of nitrogens with zero attached hydrogens (tertiary/aromatic N) is 4. The summed E-state index contributed by atoms with van der Waals surface area (Å²) in [6, 6.07) is 2.04. The number of pyridine rings is 1. The zero-order valence-electron chi connectivity index (χ0n) is 9.47. The van der Waals surface area contributed by atoms with Crippen LogP contribution in [-0.2, 0) is 0 Å². The third-order valence-corrected chi connectivity index (χ3v) is 3.29. The Kier molecular flexibility index (Phi) is 4.40. The molecule has 0 spiro atoms. The molecule has 0 unspecified atom stereocenters. The topological polar surface area (TPSA) is 83.1 Å². The molecule has 6 nitrogen and oxygen atoms in total. The summed E-state index contributed by atoms with van der Waals surface area (Å²) in [5.74, 6) is 0.600. The maximum Gasteiger partial charge on any atom is 0.291 e. The van der Waals surface area contributed by atoms with E-state index in [0.717, 1.165) is 0 Å².